The van der Waals surface area contributed by atoms with Gasteiger partial charge in [0, 0.05) is 12.3 Å². The molecule has 1 rings (SSSR count). The van der Waals surface area contributed by atoms with Gasteiger partial charge in [-0.15, -0.1) is 0 Å². The molecule has 0 aromatic heterocycles. The number of hydrogen-bond donors (Lipinski definition) is 0. The highest BCUT2D eigenvalue weighted by molar-refractivity contribution is 5.82. The highest BCUT2D eigenvalue weighted by atomic mass is 16.1. The van der Waals surface area contributed by atoms with Crippen LogP contribution in [0.2, 0.25) is 0 Å². The lowest BCUT2D eigenvalue weighted by molar-refractivity contribution is -0.131. The molecule has 1 heteroatoms. The molecule has 0 heterocycles. The van der Waals surface area contributed by atoms with Gasteiger partial charge in [0.2, 0.25) is 0 Å². The predicted octanol–water partition coefficient (Wildman–Crippen LogP) is 4.15. The topological polar surface area (TPSA) is 17.1 Å². The number of ketones is 1. The van der Waals surface area contributed by atoms with E-state index in [1.165, 1.54) is 5.57 Å². The summed E-state index contributed by atoms with van der Waals surface area (Å²) in [6, 6.07) is 0. The Morgan fingerprint density at radius 3 is 2.75 bits per heavy atom. The second kappa shape index (κ2) is 4.99. The molecular formula is C15H24O. The van der Waals surface area contributed by atoms with Gasteiger partial charge in [-0.3, -0.25) is 4.79 Å². The molecule has 0 aromatic rings. The summed E-state index contributed by atoms with van der Waals surface area (Å²) < 4.78 is 0. The molecule has 0 amide bonds. The van der Waals surface area contributed by atoms with Crippen molar-refractivity contribution in [2.75, 3.05) is 0 Å². The summed E-state index contributed by atoms with van der Waals surface area (Å²) in [7, 11) is 0. The second-order valence-corrected chi connectivity index (χ2v) is 5.49. The van der Waals surface area contributed by atoms with Crippen molar-refractivity contribution in [1.82, 2.24) is 0 Å². The van der Waals surface area contributed by atoms with Crippen LogP contribution in [0.5, 0.6) is 0 Å². The molecular weight excluding hydrogens is 196 g/mol. The number of allylic oxidation sites excluding steroid dienone is 3. The monoisotopic (exact) mass is 220 g/mol. The van der Waals surface area contributed by atoms with Crippen LogP contribution >= 0.6 is 0 Å². The van der Waals surface area contributed by atoms with Crippen molar-refractivity contribution < 1.29 is 4.79 Å². The van der Waals surface area contributed by atoms with E-state index in [9.17, 15) is 4.79 Å². The zero-order valence-corrected chi connectivity index (χ0v) is 11.0. The number of hydrogen-bond acceptors (Lipinski definition) is 1. The summed E-state index contributed by atoms with van der Waals surface area (Å²) in [5, 5.41) is 0. The molecule has 1 aliphatic rings. The van der Waals surface area contributed by atoms with Crippen LogP contribution in [0.1, 0.15) is 47.0 Å². The Balaban J connectivity index is 2.86. The van der Waals surface area contributed by atoms with Gasteiger partial charge < -0.3 is 0 Å². The van der Waals surface area contributed by atoms with Gasteiger partial charge in [0.05, 0.1) is 0 Å². The first kappa shape index (κ1) is 13.2. The quantitative estimate of drug-likeness (QED) is 0.653. The maximum Gasteiger partial charge on any atom is 0.136 e. The van der Waals surface area contributed by atoms with Crippen molar-refractivity contribution in [1.29, 1.82) is 0 Å². The average Bonchev–Trinajstić information content (AvgIpc) is 2.29. The van der Waals surface area contributed by atoms with Gasteiger partial charge >= 0.3 is 0 Å². The van der Waals surface area contributed by atoms with E-state index in [1.807, 2.05) is 6.08 Å². The molecule has 0 bridgehead atoms. The third-order valence-corrected chi connectivity index (χ3v) is 4.61. The molecule has 1 aliphatic carbocycles. The van der Waals surface area contributed by atoms with Gasteiger partial charge in [0.25, 0.3) is 0 Å². The average molecular weight is 220 g/mol. The molecule has 0 radical (unpaired) electrons. The van der Waals surface area contributed by atoms with Gasteiger partial charge in [0.1, 0.15) is 5.78 Å². The fraction of sp³-hybridized carbons (Fsp3) is 0.667. The molecule has 0 N–H and O–H groups in total. The smallest absolute Gasteiger partial charge is 0.136 e. The van der Waals surface area contributed by atoms with Gasteiger partial charge in [0.15, 0.2) is 0 Å². The maximum absolute atomic E-state index is 11.8. The SMILES string of the molecule is C=CC(C)=CC[C@@]1(C)[C@H](C)C(=O)CC[C@@H]1C. The van der Waals surface area contributed by atoms with Crippen LogP contribution in [0.15, 0.2) is 24.3 Å². The Labute approximate surface area is 99.6 Å². The van der Waals surface area contributed by atoms with E-state index in [4.69, 9.17) is 0 Å². The first-order valence-corrected chi connectivity index (χ1v) is 6.23. The van der Waals surface area contributed by atoms with Gasteiger partial charge in [-0.05, 0) is 31.1 Å². The number of rotatable bonds is 3. The number of carbonyl (C=O) groups excluding carboxylic acids is 1. The van der Waals surface area contributed by atoms with Crippen molar-refractivity contribution in [3.63, 3.8) is 0 Å². The first-order valence-electron chi connectivity index (χ1n) is 6.23. The molecule has 0 aromatic carbocycles. The maximum atomic E-state index is 11.8. The van der Waals surface area contributed by atoms with Crippen LogP contribution in [0.3, 0.4) is 0 Å². The van der Waals surface area contributed by atoms with Crippen molar-refractivity contribution in [2.24, 2.45) is 17.3 Å². The zero-order valence-electron chi connectivity index (χ0n) is 11.0. The standard InChI is InChI=1S/C15H24O/c1-6-11(2)9-10-15(5)12(3)7-8-14(16)13(15)4/h6,9,12-13H,1,7-8,10H2,2-5H3/t12-,13+,15+/m0/s1. The summed E-state index contributed by atoms with van der Waals surface area (Å²) in [5.74, 6) is 1.24. The van der Waals surface area contributed by atoms with Gasteiger partial charge in [-0.1, -0.05) is 45.1 Å². The molecule has 0 saturated heterocycles. The minimum absolute atomic E-state index is 0.125. The van der Waals surface area contributed by atoms with Crippen LogP contribution in [0.4, 0.5) is 0 Å². The van der Waals surface area contributed by atoms with Gasteiger partial charge in [-0.2, -0.15) is 0 Å². The zero-order chi connectivity index (χ0) is 12.3. The summed E-state index contributed by atoms with van der Waals surface area (Å²) >= 11 is 0. The Kier molecular flexibility index (Phi) is 4.12. The Bertz CT molecular complexity index is 313. The molecule has 90 valence electrons. The highest BCUT2D eigenvalue weighted by Crippen LogP contribution is 2.46. The molecule has 3 atom stereocenters. The fourth-order valence-electron chi connectivity index (χ4n) is 2.54. The first-order chi connectivity index (χ1) is 7.41. The van der Waals surface area contributed by atoms with E-state index < -0.39 is 0 Å². The summed E-state index contributed by atoms with van der Waals surface area (Å²) in [5.41, 5.74) is 1.33. The normalized spacial score (nSPS) is 36.2. The van der Waals surface area contributed by atoms with E-state index in [2.05, 4.69) is 40.3 Å². The van der Waals surface area contributed by atoms with Crippen LogP contribution < -0.4 is 0 Å². The lowest BCUT2D eigenvalue weighted by Gasteiger charge is -2.43. The molecule has 0 spiro atoms. The third-order valence-electron chi connectivity index (χ3n) is 4.61. The summed E-state index contributed by atoms with van der Waals surface area (Å²) in [6.07, 6.45) is 6.89. The van der Waals surface area contributed by atoms with E-state index in [1.54, 1.807) is 0 Å². The lowest BCUT2D eigenvalue weighted by atomic mass is 9.60. The molecule has 1 saturated carbocycles. The fourth-order valence-corrected chi connectivity index (χ4v) is 2.54. The number of carbonyl (C=O) groups is 1. The molecule has 0 unspecified atom stereocenters. The highest BCUT2D eigenvalue weighted by Gasteiger charge is 2.42. The van der Waals surface area contributed by atoms with Crippen molar-refractivity contribution in [3.05, 3.63) is 24.3 Å². The Hall–Kier alpha value is -0.850. The lowest BCUT2D eigenvalue weighted by Crippen LogP contribution is -2.41. The van der Waals surface area contributed by atoms with E-state index in [0.29, 0.717) is 11.7 Å². The summed E-state index contributed by atoms with van der Waals surface area (Å²) in [4.78, 5) is 11.8. The summed E-state index contributed by atoms with van der Waals surface area (Å²) in [6.45, 7) is 12.5. The van der Waals surface area contributed by atoms with E-state index in [0.717, 1.165) is 19.3 Å². The second-order valence-electron chi connectivity index (χ2n) is 5.49. The molecule has 1 fully saturated rings. The van der Waals surface area contributed by atoms with Crippen LogP contribution in [0.25, 0.3) is 0 Å². The van der Waals surface area contributed by atoms with Crippen LogP contribution in [-0.2, 0) is 4.79 Å². The van der Waals surface area contributed by atoms with E-state index >= 15 is 0 Å². The minimum Gasteiger partial charge on any atom is -0.299 e. The van der Waals surface area contributed by atoms with E-state index in [-0.39, 0.29) is 11.3 Å². The van der Waals surface area contributed by atoms with Crippen LogP contribution in [0, 0.1) is 17.3 Å². The third kappa shape index (κ3) is 2.45. The largest absolute Gasteiger partial charge is 0.299 e. The Morgan fingerprint density at radius 1 is 1.56 bits per heavy atom. The van der Waals surface area contributed by atoms with Crippen molar-refractivity contribution in [3.8, 4) is 0 Å². The van der Waals surface area contributed by atoms with Crippen molar-refractivity contribution >= 4 is 5.78 Å². The van der Waals surface area contributed by atoms with Crippen molar-refractivity contribution in [2.45, 2.75) is 47.0 Å². The molecule has 16 heavy (non-hydrogen) atoms. The predicted molar refractivity (Wildman–Crippen MR) is 69.2 cm³/mol. The minimum atomic E-state index is 0.125. The number of Topliss-reactive ketones (excluding diaryl/α,β-unsaturated/α-hetero) is 1. The van der Waals surface area contributed by atoms with Crippen LogP contribution in [-0.4, -0.2) is 5.78 Å². The molecule has 0 aliphatic heterocycles. The van der Waals surface area contributed by atoms with Gasteiger partial charge in [-0.25, -0.2) is 0 Å². The molecule has 1 nitrogen and oxygen atoms in total. The Morgan fingerprint density at radius 2 is 2.19 bits per heavy atom.